The maximum atomic E-state index is 11.6. The van der Waals surface area contributed by atoms with E-state index in [4.69, 9.17) is 4.84 Å². The van der Waals surface area contributed by atoms with Crippen molar-refractivity contribution in [3.63, 3.8) is 0 Å². The second-order valence-electron chi connectivity index (χ2n) is 3.78. The van der Waals surface area contributed by atoms with Gasteiger partial charge in [-0.15, -0.1) is 0 Å². The molecule has 0 unspecified atom stereocenters. The van der Waals surface area contributed by atoms with Gasteiger partial charge < -0.3 is 9.57 Å². The molecule has 0 aliphatic rings. The van der Waals surface area contributed by atoms with Crippen molar-refractivity contribution in [2.75, 3.05) is 12.6 Å². The number of nitrogens with zero attached hydrogens (tertiary/aromatic N) is 1. The second-order valence-corrected chi connectivity index (χ2v) is 3.78. The Kier molecular flexibility index (Phi) is 4.28. The third kappa shape index (κ3) is 3.32. The Balaban J connectivity index is 1.94. The highest BCUT2D eigenvalue weighted by Crippen LogP contribution is 2.11. The van der Waals surface area contributed by atoms with Crippen LogP contribution in [-0.2, 0) is 9.57 Å². The van der Waals surface area contributed by atoms with Crippen LogP contribution in [0.5, 0.6) is 0 Å². The fourth-order valence-electron chi connectivity index (χ4n) is 1.43. The number of pyridine rings is 1. The van der Waals surface area contributed by atoms with E-state index in [0.717, 1.165) is 0 Å². The Labute approximate surface area is 115 Å². The van der Waals surface area contributed by atoms with Crippen LogP contribution in [0.3, 0.4) is 0 Å². The topological polar surface area (TPSA) is 77.5 Å². The smallest absolute Gasteiger partial charge is 0.381 e. The molecule has 1 aromatic carbocycles. The Bertz CT molecular complexity index is 596. The number of carbonyl (C=O) groups excluding carboxylic acids is 2. The third-order valence-corrected chi connectivity index (χ3v) is 2.44. The number of hydrogen-bond donors (Lipinski definition) is 1. The summed E-state index contributed by atoms with van der Waals surface area (Å²) in [5, 5.41) is 0. The van der Waals surface area contributed by atoms with Crippen molar-refractivity contribution in [2.45, 2.75) is 0 Å². The second kappa shape index (κ2) is 6.33. The number of hydrogen-bond acceptors (Lipinski definition) is 6. The zero-order chi connectivity index (χ0) is 14.4. The fraction of sp³-hybridized carbons (Fsp3) is 0.0714. The number of nitrogens with one attached hydrogen (secondary N) is 1. The number of methoxy groups -OCH3 is 1. The molecule has 102 valence electrons. The van der Waals surface area contributed by atoms with E-state index >= 15 is 0 Å². The lowest BCUT2D eigenvalue weighted by atomic mass is 10.2. The van der Waals surface area contributed by atoms with Crippen LogP contribution in [-0.4, -0.2) is 24.0 Å². The predicted octanol–water partition coefficient (Wildman–Crippen LogP) is 2.05. The number of anilines is 1. The van der Waals surface area contributed by atoms with E-state index in [1.165, 1.54) is 13.3 Å². The monoisotopic (exact) mass is 272 g/mol. The van der Waals surface area contributed by atoms with Crippen molar-refractivity contribution in [2.24, 2.45) is 0 Å². The van der Waals surface area contributed by atoms with E-state index in [-0.39, 0.29) is 5.69 Å². The van der Waals surface area contributed by atoms with Crippen LogP contribution >= 0.6 is 0 Å². The van der Waals surface area contributed by atoms with Gasteiger partial charge in [-0.2, -0.15) is 0 Å². The van der Waals surface area contributed by atoms with Crippen LogP contribution in [0.15, 0.2) is 48.7 Å². The van der Waals surface area contributed by atoms with E-state index in [2.05, 4.69) is 15.2 Å². The highest BCUT2D eigenvalue weighted by Gasteiger charge is 2.09. The Hall–Kier alpha value is -2.89. The van der Waals surface area contributed by atoms with Gasteiger partial charge in [0.05, 0.1) is 18.4 Å². The van der Waals surface area contributed by atoms with Gasteiger partial charge in [0, 0.05) is 6.20 Å². The van der Waals surface area contributed by atoms with Crippen molar-refractivity contribution in [3.8, 4) is 0 Å². The minimum Gasteiger partial charge on any atom is -0.465 e. The van der Waals surface area contributed by atoms with Gasteiger partial charge in [0.1, 0.15) is 0 Å². The fourth-order valence-corrected chi connectivity index (χ4v) is 1.43. The Morgan fingerprint density at radius 3 is 2.40 bits per heavy atom. The van der Waals surface area contributed by atoms with E-state index in [1.54, 1.807) is 42.5 Å². The van der Waals surface area contributed by atoms with Crippen LogP contribution in [0.1, 0.15) is 20.8 Å². The molecule has 0 saturated carbocycles. The van der Waals surface area contributed by atoms with E-state index in [0.29, 0.717) is 11.3 Å². The van der Waals surface area contributed by atoms with Gasteiger partial charge >= 0.3 is 11.9 Å². The highest BCUT2D eigenvalue weighted by atomic mass is 16.7. The number of ether oxygens (including phenoxy) is 1. The minimum atomic E-state index is -0.595. The van der Waals surface area contributed by atoms with Crippen molar-refractivity contribution in [1.29, 1.82) is 0 Å². The largest absolute Gasteiger partial charge is 0.465 e. The molecule has 0 amide bonds. The summed E-state index contributed by atoms with van der Waals surface area (Å²) in [6.07, 6.45) is 1.50. The van der Waals surface area contributed by atoms with Crippen LogP contribution < -0.4 is 5.48 Å². The maximum absolute atomic E-state index is 11.6. The first-order valence-corrected chi connectivity index (χ1v) is 5.77. The number of aromatic nitrogens is 1. The summed E-state index contributed by atoms with van der Waals surface area (Å²) in [4.78, 5) is 31.6. The lowest BCUT2D eigenvalue weighted by Gasteiger charge is -2.06. The number of esters is 1. The van der Waals surface area contributed by atoms with Crippen molar-refractivity contribution in [3.05, 3.63) is 59.9 Å². The minimum absolute atomic E-state index is 0.200. The lowest BCUT2D eigenvalue weighted by molar-refractivity contribution is 0.0582. The van der Waals surface area contributed by atoms with Gasteiger partial charge in [-0.1, -0.05) is 6.07 Å². The first-order valence-electron chi connectivity index (χ1n) is 5.77. The molecule has 0 bridgehead atoms. The summed E-state index contributed by atoms with van der Waals surface area (Å²) in [6.45, 7) is 0. The van der Waals surface area contributed by atoms with Crippen LogP contribution in [0.25, 0.3) is 0 Å². The Morgan fingerprint density at radius 2 is 1.80 bits per heavy atom. The number of benzene rings is 1. The molecule has 0 saturated heterocycles. The normalized spacial score (nSPS) is 9.65. The zero-order valence-electron chi connectivity index (χ0n) is 10.7. The van der Waals surface area contributed by atoms with Crippen molar-refractivity contribution < 1.29 is 19.2 Å². The van der Waals surface area contributed by atoms with E-state index in [9.17, 15) is 9.59 Å². The molecule has 1 aromatic heterocycles. The predicted molar refractivity (Wildman–Crippen MR) is 71.1 cm³/mol. The van der Waals surface area contributed by atoms with E-state index in [1.807, 2.05) is 0 Å². The maximum Gasteiger partial charge on any atom is 0.381 e. The lowest BCUT2D eigenvalue weighted by Crippen LogP contribution is -2.12. The summed E-state index contributed by atoms with van der Waals surface area (Å²) in [5.41, 5.74) is 3.63. The molecule has 2 rings (SSSR count). The summed E-state index contributed by atoms with van der Waals surface area (Å²) in [5.74, 6) is -1.02. The number of carbonyl (C=O) groups is 2. The molecule has 0 radical (unpaired) electrons. The zero-order valence-corrected chi connectivity index (χ0v) is 10.7. The molecule has 0 aliphatic heterocycles. The Morgan fingerprint density at radius 1 is 1.05 bits per heavy atom. The first-order chi connectivity index (χ1) is 9.70. The molecule has 20 heavy (non-hydrogen) atoms. The SMILES string of the molecule is COC(=O)c1ccc(NOC(=O)c2ccccn2)cc1. The van der Waals surface area contributed by atoms with Gasteiger partial charge in [0.25, 0.3) is 0 Å². The molecule has 1 N–H and O–H groups in total. The molecule has 0 spiro atoms. The molecular formula is C14H12N2O4. The van der Waals surface area contributed by atoms with Gasteiger partial charge in [0.2, 0.25) is 0 Å². The molecule has 6 nitrogen and oxygen atoms in total. The molecule has 0 aliphatic carbocycles. The molecule has 0 atom stereocenters. The van der Waals surface area contributed by atoms with Gasteiger partial charge in [-0.25, -0.2) is 20.1 Å². The van der Waals surface area contributed by atoms with Gasteiger partial charge in [0.15, 0.2) is 5.69 Å². The molecule has 2 aromatic rings. The summed E-state index contributed by atoms with van der Waals surface area (Å²) < 4.78 is 4.58. The van der Waals surface area contributed by atoms with Crippen LogP contribution in [0.4, 0.5) is 5.69 Å². The molecular weight excluding hydrogens is 260 g/mol. The summed E-state index contributed by atoms with van der Waals surface area (Å²) in [6, 6.07) is 11.2. The quantitative estimate of drug-likeness (QED) is 0.678. The summed E-state index contributed by atoms with van der Waals surface area (Å²) >= 11 is 0. The first kappa shape index (κ1) is 13.5. The third-order valence-electron chi connectivity index (χ3n) is 2.44. The van der Waals surface area contributed by atoms with Gasteiger partial charge in [-0.05, 0) is 36.4 Å². The number of rotatable bonds is 4. The van der Waals surface area contributed by atoms with Crippen LogP contribution in [0, 0.1) is 0 Å². The average Bonchev–Trinajstić information content (AvgIpc) is 2.53. The highest BCUT2D eigenvalue weighted by molar-refractivity contribution is 5.90. The van der Waals surface area contributed by atoms with Crippen LogP contribution in [0.2, 0.25) is 0 Å². The van der Waals surface area contributed by atoms with Crippen molar-refractivity contribution in [1.82, 2.24) is 4.98 Å². The average molecular weight is 272 g/mol. The van der Waals surface area contributed by atoms with E-state index < -0.39 is 11.9 Å². The molecule has 0 fully saturated rings. The molecule has 1 heterocycles. The standard InChI is InChI=1S/C14H12N2O4/c1-19-13(17)10-5-7-11(8-6-10)16-20-14(18)12-4-2-3-9-15-12/h2-9,16H,1H3. The van der Waals surface area contributed by atoms with Crippen molar-refractivity contribution >= 4 is 17.6 Å². The summed E-state index contributed by atoms with van der Waals surface area (Å²) in [7, 11) is 1.31. The molecule has 6 heteroatoms. The van der Waals surface area contributed by atoms with Gasteiger partial charge in [-0.3, -0.25) is 0 Å².